The number of nitrogens with one attached hydrogen (secondary N) is 1. The Morgan fingerprint density at radius 2 is 2.00 bits per heavy atom. The van der Waals surface area contributed by atoms with Crippen molar-refractivity contribution in [1.29, 1.82) is 0 Å². The summed E-state index contributed by atoms with van der Waals surface area (Å²) >= 11 is 0. The summed E-state index contributed by atoms with van der Waals surface area (Å²) in [6, 6.07) is 0.487. The van der Waals surface area contributed by atoms with Crippen LogP contribution in [0, 0.1) is 5.92 Å². The van der Waals surface area contributed by atoms with Gasteiger partial charge >= 0.3 is 0 Å². The largest absolute Gasteiger partial charge is 0.378 e. The van der Waals surface area contributed by atoms with E-state index in [1.54, 1.807) is 0 Å². The highest BCUT2D eigenvalue weighted by atomic mass is 16.5. The summed E-state index contributed by atoms with van der Waals surface area (Å²) in [5.74, 6) is 6.42. The van der Waals surface area contributed by atoms with Crippen LogP contribution in [0.15, 0.2) is 0 Å². The molecule has 0 spiro atoms. The molecule has 1 heterocycles. The molecule has 0 amide bonds. The van der Waals surface area contributed by atoms with Crippen molar-refractivity contribution in [3.05, 3.63) is 0 Å². The number of ether oxygens (including phenoxy) is 1. The van der Waals surface area contributed by atoms with Crippen LogP contribution in [0.2, 0.25) is 0 Å². The van der Waals surface area contributed by atoms with Crippen molar-refractivity contribution >= 4 is 0 Å². The molecular weight excluding hydrogens is 176 g/mol. The van der Waals surface area contributed by atoms with E-state index in [1.165, 1.54) is 38.5 Å². The maximum Gasteiger partial charge on any atom is 0.0591 e. The van der Waals surface area contributed by atoms with Gasteiger partial charge in [0.2, 0.25) is 0 Å². The summed E-state index contributed by atoms with van der Waals surface area (Å²) in [5.41, 5.74) is 2.99. The van der Waals surface area contributed by atoms with Gasteiger partial charge in [-0.3, -0.25) is 11.3 Å². The van der Waals surface area contributed by atoms with E-state index in [-0.39, 0.29) is 0 Å². The number of nitrogens with two attached hydrogens (primary N) is 1. The smallest absolute Gasteiger partial charge is 0.0591 e. The van der Waals surface area contributed by atoms with Crippen molar-refractivity contribution < 1.29 is 4.74 Å². The van der Waals surface area contributed by atoms with E-state index >= 15 is 0 Å². The molecule has 2 fully saturated rings. The van der Waals surface area contributed by atoms with Gasteiger partial charge in [-0.2, -0.15) is 0 Å². The molecule has 2 unspecified atom stereocenters. The first-order valence-electron chi connectivity index (χ1n) is 5.98. The minimum absolute atomic E-state index is 0.469. The van der Waals surface area contributed by atoms with Gasteiger partial charge in [0.1, 0.15) is 0 Å². The molecule has 0 bridgehead atoms. The quantitative estimate of drug-likeness (QED) is 0.532. The topological polar surface area (TPSA) is 47.3 Å². The molecule has 3 nitrogen and oxygen atoms in total. The highest BCUT2D eigenvalue weighted by Gasteiger charge is 2.28. The minimum atomic E-state index is 0.469. The van der Waals surface area contributed by atoms with Crippen LogP contribution in [0.5, 0.6) is 0 Å². The number of rotatable bonds is 4. The van der Waals surface area contributed by atoms with Crippen LogP contribution in [0.4, 0.5) is 0 Å². The van der Waals surface area contributed by atoms with Crippen molar-refractivity contribution in [3.63, 3.8) is 0 Å². The van der Waals surface area contributed by atoms with E-state index < -0.39 is 0 Å². The van der Waals surface area contributed by atoms with Crippen molar-refractivity contribution in [1.82, 2.24) is 5.43 Å². The van der Waals surface area contributed by atoms with Crippen LogP contribution in [0.3, 0.4) is 0 Å². The Kier molecular flexibility index (Phi) is 3.79. The Balaban J connectivity index is 1.79. The zero-order valence-corrected chi connectivity index (χ0v) is 8.87. The van der Waals surface area contributed by atoms with Gasteiger partial charge in [-0.25, -0.2) is 0 Å². The van der Waals surface area contributed by atoms with E-state index in [4.69, 9.17) is 10.6 Å². The second kappa shape index (κ2) is 5.10. The monoisotopic (exact) mass is 198 g/mol. The summed E-state index contributed by atoms with van der Waals surface area (Å²) in [4.78, 5) is 0. The maximum atomic E-state index is 5.65. The Morgan fingerprint density at radius 3 is 2.57 bits per heavy atom. The maximum absolute atomic E-state index is 5.65. The predicted molar refractivity (Wildman–Crippen MR) is 56.7 cm³/mol. The second-order valence-electron chi connectivity index (χ2n) is 4.69. The first-order chi connectivity index (χ1) is 6.90. The molecule has 1 saturated carbocycles. The standard InChI is InChI=1S/C11H22N2O/c12-13-11(9-4-1-2-5-9)8-10-6-3-7-14-10/h9-11,13H,1-8,12H2. The number of hydrogen-bond acceptors (Lipinski definition) is 3. The normalized spacial score (nSPS) is 31.1. The van der Waals surface area contributed by atoms with Crippen molar-refractivity contribution in [2.24, 2.45) is 11.8 Å². The Morgan fingerprint density at radius 1 is 1.21 bits per heavy atom. The van der Waals surface area contributed by atoms with E-state index in [0.717, 1.165) is 18.9 Å². The van der Waals surface area contributed by atoms with Crippen LogP contribution in [0.1, 0.15) is 44.9 Å². The summed E-state index contributed by atoms with van der Waals surface area (Å²) in [5, 5.41) is 0. The molecule has 1 saturated heterocycles. The van der Waals surface area contributed by atoms with Gasteiger partial charge in [0.15, 0.2) is 0 Å². The molecule has 14 heavy (non-hydrogen) atoms. The Hall–Kier alpha value is -0.120. The molecule has 0 aromatic carbocycles. The molecule has 82 valence electrons. The first kappa shape index (κ1) is 10.4. The highest BCUT2D eigenvalue weighted by Crippen LogP contribution is 2.30. The molecule has 2 rings (SSSR count). The van der Waals surface area contributed by atoms with Gasteiger partial charge < -0.3 is 4.74 Å². The predicted octanol–water partition coefficient (Wildman–Crippen LogP) is 1.58. The average Bonchev–Trinajstić information content (AvgIpc) is 2.86. The summed E-state index contributed by atoms with van der Waals surface area (Å²) < 4.78 is 5.65. The lowest BCUT2D eigenvalue weighted by molar-refractivity contribution is 0.0871. The van der Waals surface area contributed by atoms with E-state index in [1.807, 2.05) is 0 Å². The SMILES string of the molecule is NNC(CC1CCCO1)C1CCCC1. The van der Waals surface area contributed by atoms with Crippen LogP contribution >= 0.6 is 0 Å². The third-order valence-electron chi connectivity index (χ3n) is 3.72. The Bertz CT molecular complexity index is 163. The summed E-state index contributed by atoms with van der Waals surface area (Å²) in [7, 11) is 0. The van der Waals surface area contributed by atoms with E-state index in [2.05, 4.69) is 5.43 Å². The summed E-state index contributed by atoms with van der Waals surface area (Å²) in [6.07, 6.45) is 9.50. The lowest BCUT2D eigenvalue weighted by Gasteiger charge is -2.24. The third-order valence-corrected chi connectivity index (χ3v) is 3.72. The molecule has 2 atom stereocenters. The zero-order chi connectivity index (χ0) is 9.80. The van der Waals surface area contributed by atoms with Crippen molar-refractivity contribution in [2.45, 2.75) is 57.1 Å². The van der Waals surface area contributed by atoms with E-state index in [9.17, 15) is 0 Å². The molecule has 3 N–H and O–H groups in total. The zero-order valence-electron chi connectivity index (χ0n) is 8.87. The lowest BCUT2D eigenvalue weighted by Crippen LogP contribution is -2.42. The fourth-order valence-corrected chi connectivity index (χ4v) is 2.87. The minimum Gasteiger partial charge on any atom is -0.378 e. The molecule has 2 aliphatic rings. The third kappa shape index (κ3) is 2.47. The Labute approximate surface area is 86.4 Å². The number of hydrazine groups is 1. The van der Waals surface area contributed by atoms with Crippen LogP contribution in [-0.2, 0) is 4.74 Å². The van der Waals surface area contributed by atoms with Gasteiger partial charge in [0.25, 0.3) is 0 Å². The fraction of sp³-hybridized carbons (Fsp3) is 1.00. The summed E-state index contributed by atoms with van der Waals surface area (Å²) in [6.45, 7) is 0.951. The van der Waals surface area contributed by atoms with Gasteiger partial charge in [0, 0.05) is 12.6 Å². The lowest BCUT2D eigenvalue weighted by atomic mass is 9.93. The van der Waals surface area contributed by atoms with Crippen molar-refractivity contribution in [3.8, 4) is 0 Å². The molecule has 1 aliphatic carbocycles. The van der Waals surface area contributed by atoms with E-state index in [0.29, 0.717) is 12.1 Å². The van der Waals surface area contributed by atoms with Crippen LogP contribution < -0.4 is 11.3 Å². The van der Waals surface area contributed by atoms with Crippen LogP contribution in [-0.4, -0.2) is 18.8 Å². The van der Waals surface area contributed by atoms with Gasteiger partial charge in [0.05, 0.1) is 6.10 Å². The van der Waals surface area contributed by atoms with Crippen molar-refractivity contribution in [2.75, 3.05) is 6.61 Å². The van der Waals surface area contributed by atoms with Gasteiger partial charge in [-0.1, -0.05) is 12.8 Å². The molecule has 1 aliphatic heterocycles. The average molecular weight is 198 g/mol. The van der Waals surface area contributed by atoms with Gasteiger partial charge in [-0.05, 0) is 38.0 Å². The molecule has 0 aromatic rings. The molecular formula is C11H22N2O. The number of hydrogen-bond donors (Lipinski definition) is 2. The first-order valence-corrected chi connectivity index (χ1v) is 5.98. The van der Waals surface area contributed by atoms with Gasteiger partial charge in [-0.15, -0.1) is 0 Å². The second-order valence-corrected chi connectivity index (χ2v) is 4.69. The highest BCUT2D eigenvalue weighted by molar-refractivity contribution is 4.82. The molecule has 0 aromatic heterocycles. The fourth-order valence-electron chi connectivity index (χ4n) is 2.87. The van der Waals surface area contributed by atoms with Crippen LogP contribution in [0.25, 0.3) is 0 Å². The molecule has 3 heteroatoms. The molecule has 0 radical (unpaired) electrons.